The molecule has 1 saturated heterocycles. The fourth-order valence-electron chi connectivity index (χ4n) is 3.58. The molecule has 192 valence electrons. The third-order valence-electron chi connectivity index (χ3n) is 5.28. The van der Waals surface area contributed by atoms with Crippen LogP contribution < -0.4 is 25.4 Å². The van der Waals surface area contributed by atoms with E-state index >= 15 is 0 Å². The van der Waals surface area contributed by atoms with E-state index in [2.05, 4.69) is 20.4 Å². The highest BCUT2D eigenvalue weighted by atomic mass is 19.4. The number of urea groups is 1. The number of hydrogen-bond acceptors (Lipinski definition) is 7. The zero-order chi connectivity index (χ0) is 26.7. The third kappa shape index (κ3) is 5.94. The van der Waals surface area contributed by atoms with Gasteiger partial charge in [0, 0.05) is 29.3 Å². The van der Waals surface area contributed by atoms with Crippen LogP contribution in [0.1, 0.15) is 21.6 Å². The zero-order valence-electron chi connectivity index (χ0n) is 19.1. The van der Waals surface area contributed by atoms with Crippen LogP contribution in [0.4, 0.5) is 18.0 Å². The Balaban J connectivity index is 1.59. The second kappa shape index (κ2) is 10.1. The Morgan fingerprint density at radius 2 is 1.89 bits per heavy atom. The van der Waals surface area contributed by atoms with Gasteiger partial charge in [-0.15, -0.1) is 0 Å². The lowest BCUT2D eigenvalue weighted by molar-refractivity contribution is -0.189. The Hall–Kier alpha value is -4.68. The van der Waals surface area contributed by atoms with E-state index in [1.165, 1.54) is 6.07 Å². The first-order valence-corrected chi connectivity index (χ1v) is 10.8. The number of aryl methyl sites for hydroxylation is 1. The van der Waals surface area contributed by atoms with Crippen molar-refractivity contribution in [2.24, 2.45) is 0 Å². The lowest BCUT2D eigenvalue weighted by Crippen LogP contribution is -2.60. The predicted molar refractivity (Wildman–Crippen MR) is 122 cm³/mol. The summed E-state index contributed by atoms with van der Waals surface area (Å²) in [7, 11) is 0. The van der Waals surface area contributed by atoms with Crippen LogP contribution in [0.25, 0.3) is 10.9 Å². The van der Waals surface area contributed by atoms with Crippen molar-refractivity contribution in [3.8, 4) is 11.5 Å². The Morgan fingerprint density at radius 1 is 1.14 bits per heavy atom. The van der Waals surface area contributed by atoms with Crippen molar-refractivity contribution >= 4 is 34.7 Å². The average molecular weight is 516 g/mol. The van der Waals surface area contributed by atoms with Gasteiger partial charge in [-0.2, -0.15) is 13.2 Å². The van der Waals surface area contributed by atoms with Crippen LogP contribution in [-0.2, 0) is 16.2 Å². The number of aromatic nitrogens is 1. The number of amides is 4. The van der Waals surface area contributed by atoms with Crippen LogP contribution in [0.5, 0.6) is 11.5 Å². The molecule has 1 fully saturated rings. The molecule has 4 rings (SSSR count). The van der Waals surface area contributed by atoms with E-state index in [-0.39, 0.29) is 18.9 Å². The minimum absolute atomic E-state index is 0.00399. The van der Waals surface area contributed by atoms with Crippen molar-refractivity contribution in [2.75, 3.05) is 6.54 Å². The lowest BCUT2D eigenvalue weighted by Gasteiger charge is -2.23. The minimum Gasteiger partial charge on any atom is -0.489 e. The molecule has 0 radical (unpaired) electrons. The summed E-state index contributed by atoms with van der Waals surface area (Å²) >= 11 is 0. The molecule has 3 aromatic rings. The highest BCUT2D eigenvalue weighted by Crippen LogP contribution is 2.29. The van der Waals surface area contributed by atoms with Gasteiger partial charge in [0.15, 0.2) is 0 Å². The molecule has 0 saturated carbocycles. The van der Waals surface area contributed by atoms with E-state index < -0.39 is 47.3 Å². The Bertz CT molecular complexity index is 1410. The van der Waals surface area contributed by atoms with E-state index in [1.54, 1.807) is 13.0 Å². The van der Waals surface area contributed by atoms with E-state index in [0.717, 1.165) is 34.3 Å². The molecule has 4 amide bonds. The number of carbonyl (C=O) groups excluding carboxylic acids is 4. The maximum Gasteiger partial charge on any atom is 0.491 e. The summed E-state index contributed by atoms with van der Waals surface area (Å²) in [6.45, 7) is 1.56. The van der Waals surface area contributed by atoms with Gasteiger partial charge in [-0.05, 0) is 31.2 Å². The van der Waals surface area contributed by atoms with Crippen molar-refractivity contribution in [3.05, 3.63) is 65.4 Å². The first-order valence-electron chi connectivity index (χ1n) is 10.8. The molecule has 1 aliphatic heterocycles. The maximum atomic E-state index is 12.9. The van der Waals surface area contributed by atoms with Crippen LogP contribution in [-0.4, -0.2) is 47.6 Å². The molecular formula is C24H19F3N4O6. The SMILES string of the molecule is Cc1cc(COc2ccc(C(=O)NC3CNC(=O)NC3=O)c(OC(=O)C(F)(F)F)c2)c2ccccc2n1. The highest BCUT2D eigenvalue weighted by molar-refractivity contribution is 6.04. The molecule has 1 atom stereocenters. The number of imide groups is 1. The van der Waals surface area contributed by atoms with Gasteiger partial charge in [0.2, 0.25) is 0 Å². The monoisotopic (exact) mass is 516 g/mol. The third-order valence-corrected chi connectivity index (χ3v) is 5.28. The number of benzene rings is 2. The average Bonchev–Trinajstić information content (AvgIpc) is 2.83. The first kappa shape index (κ1) is 25.4. The van der Waals surface area contributed by atoms with Gasteiger partial charge in [-0.1, -0.05) is 18.2 Å². The summed E-state index contributed by atoms with van der Waals surface area (Å²) in [4.78, 5) is 51.8. The van der Waals surface area contributed by atoms with Gasteiger partial charge in [0.25, 0.3) is 11.8 Å². The Morgan fingerprint density at radius 3 is 2.62 bits per heavy atom. The number of pyridine rings is 1. The summed E-state index contributed by atoms with van der Waals surface area (Å²) in [6.07, 6.45) is -5.33. The van der Waals surface area contributed by atoms with Crippen molar-refractivity contribution in [3.63, 3.8) is 0 Å². The summed E-state index contributed by atoms with van der Waals surface area (Å²) in [5.41, 5.74) is 1.76. The molecule has 13 heteroatoms. The number of ether oxygens (including phenoxy) is 2. The van der Waals surface area contributed by atoms with Gasteiger partial charge in [-0.3, -0.25) is 19.9 Å². The zero-order valence-corrected chi connectivity index (χ0v) is 19.1. The summed E-state index contributed by atoms with van der Waals surface area (Å²) in [6, 6.07) is 10.5. The van der Waals surface area contributed by atoms with Gasteiger partial charge < -0.3 is 20.1 Å². The number of rotatable bonds is 6. The number of fused-ring (bicyclic) bond motifs is 1. The number of nitrogens with one attached hydrogen (secondary N) is 3. The van der Waals surface area contributed by atoms with E-state index in [0.29, 0.717) is 0 Å². The van der Waals surface area contributed by atoms with E-state index in [9.17, 15) is 32.3 Å². The summed E-state index contributed by atoms with van der Waals surface area (Å²) in [5.74, 6) is -5.08. The number of nitrogens with zero attached hydrogens (tertiary/aromatic N) is 1. The van der Waals surface area contributed by atoms with E-state index in [1.807, 2.05) is 29.6 Å². The maximum absolute atomic E-state index is 12.9. The molecule has 0 aliphatic carbocycles. The number of esters is 1. The predicted octanol–water partition coefficient (Wildman–Crippen LogP) is 2.53. The van der Waals surface area contributed by atoms with Crippen molar-refractivity contribution in [1.82, 2.24) is 20.9 Å². The normalized spacial score (nSPS) is 15.5. The van der Waals surface area contributed by atoms with Crippen molar-refractivity contribution in [2.45, 2.75) is 25.7 Å². The van der Waals surface area contributed by atoms with Gasteiger partial charge in [0.1, 0.15) is 24.1 Å². The van der Waals surface area contributed by atoms with Crippen LogP contribution in [0, 0.1) is 6.92 Å². The molecule has 0 spiro atoms. The van der Waals surface area contributed by atoms with Gasteiger partial charge in [-0.25, -0.2) is 9.59 Å². The topological polar surface area (TPSA) is 136 Å². The second-order valence-corrected chi connectivity index (χ2v) is 8.00. The molecule has 2 aromatic carbocycles. The van der Waals surface area contributed by atoms with Gasteiger partial charge >= 0.3 is 18.2 Å². The molecule has 2 heterocycles. The van der Waals surface area contributed by atoms with E-state index in [4.69, 9.17) is 4.74 Å². The van der Waals surface area contributed by atoms with Crippen LogP contribution in [0.15, 0.2) is 48.5 Å². The number of halogens is 3. The molecule has 37 heavy (non-hydrogen) atoms. The fraction of sp³-hybridized carbons (Fsp3) is 0.208. The standard InChI is InChI=1S/C24H19F3N4O6/c1-12-8-13(15-4-2-3-5-17(15)29-12)11-36-14-6-7-16(19(9-14)37-22(34)24(25,26)27)20(32)30-18-10-28-23(35)31-21(18)33/h2-9,18H,10-11H2,1H3,(H,30,32)(H2,28,31,33,35). The van der Waals surface area contributed by atoms with Crippen LogP contribution in [0.2, 0.25) is 0 Å². The molecule has 3 N–H and O–H groups in total. The van der Waals surface area contributed by atoms with Crippen LogP contribution >= 0.6 is 0 Å². The van der Waals surface area contributed by atoms with Gasteiger partial charge in [0.05, 0.1) is 11.1 Å². The second-order valence-electron chi connectivity index (χ2n) is 8.00. The van der Waals surface area contributed by atoms with Crippen molar-refractivity contribution < 1.29 is 41.8 Å². The number of carbonyl (C=O) groups is 4. The lowest BCUT2D eigenvalue weighted by atomic mass is 10.1. The summed E-state index contributed by atoms with van der Waals surface area (Å²) in [5, 5.41) is 7.33. The molecule has 0 bridgehead atoms. The quantitative estimate of drug-likeness (QED) is 0.338. The molecule has 1 unspecified atom stereocenters. The largest absolute Gasteiger partial charge is 0.491 e. The smallest absolute Gasteiger partial charge is 0.489 e. The Labute approximate surface area is 207 Å². The molecular weight excluding hydrogens is 497 g/mol. The number of hydrogen-bond donors (Lipinski definition) is 3. The fourth-order valence-corrected chi connectivity index (χ4v) is 3.58. The Kier molecular flexibility index (Phi) is 6.96. The first-order chi connectivity index (χ1) is 17.5. The van der Waals surface area contributed by atoms with Crippen LogP contribution in [0.3, 0.4) is 0 Å². The number of alkyl halides is 3. The minimum atomic E-state index is -5.33. The molecule has 10 nitrogen and oxygen atoms in total. The molecule has 1 aliphatic rings. The number of para-hydroxylation sites is 1. The highest BCUT2D eigenvalue weighted by Gasteiger charge is 2.42. The molecule has 1 aromatic heterocycles. The summed E-state index contributed by atoms with van der Waals surface area (Å²) < 4.78 is 48.8. The van der Waals surface area contributed by atoms with Crippen molar-refractivity contribution in [1.29, 1.82) is 0 Å².